The van der Waals surface area contributed by atoms with E-state index in [2.05, 4.69) is 5.32 Å². The number of benzene rings is 1. The molecule has 1 rings (SSSR count). The van der Waals surface area contributed by atoms with Gasteiger partial charge in [0.2, 0.25) is 0 Å². The second kappa shape index (κ2) is 4.82. The Balaban J connectivity index is 2.91. The number of hydrogen-bond acceptors (Lipinski definition) is 3. The predicted octanol–water partition coefficient (Wildman–Crippen LogP) is 2.31. The summed E-state index contributed by atoms with van der Waals surface area (Å²) in [5.41, 5.74) is 0.910. The smallest absolute Gasteiger partial charge is 0.162 e. The normalized spacial score (nSPS) is 9.46. The van der Waals surface area contributed by atoms with Crippen molar-refractivity contribution in [1.29, 1.82) is 0 Å². The lowest BCUT2D eigenvalue weighted by molar-refractivity contribution is 0.355. The lowest BCUT2D eigenvalue weighted by Gasteiger charge is -2.09. The highest BCUT2D eigenvalue weighted by atomic mass is 35.5. The minimum Gasteiger partial charge on any atom is -0.493 e. The lowest BCUT2D eigenvalue weighted by Crippen LogP contribution is -1.96. The number of rotatable bonds is 4. The van der Waals surface area contributed by atoms with Crippen LogP contribution in [0.1, 0.15) is 0 Å². The molecule has 0 aliphatic carbocycles. The minimum absolute atomic E-state index is 0.371. The third-order valence-corrected chi connectivity index (χ3v) is 1.79. The van der Waals surface area contributed by atoms with Crippen LogP contribution in [0.2, 0.25) is 0 Å². The second-order valence-electron chi connectivity index (χ2n) is 2.38. The molecule has 13 heavy (non-hydrogen) atoms. The summed E-state index contributed by atoms with van der Waals surface area (Å²) in [5, 5.41) is 2.96. The Morgan fingerprint density at radius 2 is 1.92 bits per heavy atom. The van der Waals surface area contributed by atoms with Gasteiger partial charge >= 0.3 is 0 Å². The molecule has 3 nitrogen and oxygen atoms in total. The van der Waals surface area contributed by atoms with Crippen LogP contribution in [0.5, 0.6) is 11.5 Å². The first-order valence-corrected chi connectivity index (χ1v) is 4.37. The Labute approximate surface area is 82.6 Å². The van der Waals surface area contributed by atoms with Crippen molar-refractivity contribution in [3.63, 3.8) is 0 Å². The summed E-state index contributed by atoms with van der Waals surface area (Å²) in [6.45, 7) is 0. The number of ether oxygens (including phenoxy) is 2. The summed E-state index contributed by atoms with van der Waals surface area (Å²) >= 11 is 5.52. The molecule has 1 aromatic rings. The molecule has 0 atom stereocenters. The monoisotopic (exact) mass is 201 g/mol. The molecule has 4 heteroatoms. The quantitative estimate of drug-likeness (QED) is 0.599. The fraction of sp³-hybridized carbons (Fsp3) is 0.333. The molecule has 0 aliphatic heterocycles. The fourth-order valence-electron chi connectivity index (χ4n) is 1.02. The molecule has 0 saturated carbocycles. The molecule has 0 aromatic heterocycles. The zero-order valence-corrected chi connectivity index (χ0v) is 8.39. The van der Waals surface area contributed by atoms with Crippen molar-refractivity contribution in [2.75, 3.05) is 25.5 Å². The van der Waals surface area contributed by atoms with Gasteiger partial charge in [0.1, 0.15) is 0 Å². The zero-order chi connectivity index (χ0) is 9.68. The predicted molar refractivity (Wildman–Crippen MR) is 53.9 cm³/mol. The van der Waals surface area contributed by atoms with Crippen LogP contribution in [0.25, 0.3) is 0 Å². The molecule has 0 fully saturated rings. The van der Waals surface area contributed by atoms with Gasteiger partial charge in [-0.15, -0.1) is 11.6 Å². The maximum absolute atomic E-state index is 5.52. The standard InChI is InChI=1S/C9H12ClNO2/c1-12-8-4-3-7(11-6-10)5-9(8)13-2/h3-5,11H,6H2,1-2H3. The van der Waals surface area contributed by atoms with Crippen molar-refractivity contribution in [3.05, 3.63) is 18.2 Å². The van der Waals surface area contributed by atoms with Crippen molar-refractivity contribution < 1.29 is 9.47 Å². The van der Waals surface area contributed by atoms with E-state index in [1.807, 2.05) is 18.2 Å². The van der Waals surface area contributed by atoms with Crippen LogP contribution < -0.4 is 14.8 Å². The van der Waals surface area contributed by atoms with Crippen molar-refractivity contribution in [2.45, 2.75) is 0 Å². The van der Waals surface area contributed by atoms with E-state index in [0.717, 1.165) is 5.69 Å². The Hall–Kier alpha value is -1.09. The molecular weight excluding hydrogens is 190 g/mol. The molecule has 72 valence electrons. The topological polar surface area (TPSA) is 30.5 Å². The Kier molecular flexibility index (Phi) is 3.71. The van der Waals surface area contributed by atoms with Gasteiger partial charge in [0.25, 0.3) is 0 Å². The number of methoxy groups -OCH3 is 2. The highest BCUT2D eigenvalue weighted by Gasteiger charge is 2.02. The van der Waals surface area contributed by atoms with E-state index in [1.165, 1.54) is 0 Å². The Morgan fingerprint density at radius 3 is 2.46 bits per heavy atom. The van der Waals surface area contributed by atoms with Crippen molar-refractivity contribution >= 4 is 17.3 Å². The maximum Gasteiger partial charge on any atom is 0.162 e. The summed E-state index contributed by atoms with van der Waals surface area (Å²) in [6, 6.07) is 5.91. The molecule has 0 radical (unpaired) electrons. The summed E-state index contributed by atoms with van der Waals surface area (Å²) in [4.78, 5) is 0. The van der Waals surface area contributed by atoms with Gasteiger partial charge in [-0.2, -0.15) is 0 Å². The Bertz CT molecular complexity index is 278. The van der Waals surface area contributed by atoms with E-state index < -0.39 is 0 Å². The fourth-order valence-corrected chi connectivity index (χ4v) is 1.18. The van der Waals surface area contributed by atoms with Gasteiger partial charge in [0.15, 0.2) is 11.5 Å². The van der Waals surface area contributed by atoms with E-state index in [9.17, 15) is 0 Å². The van der Waals surface area contributed by atoms with Crippen LogP contribution >= 0.6 is 11.6 Å². The average Bonchev–Trinajstić information content (AvgIpc) is 2.18. The number of halogens is 1. The average molecular weight is 202 g/mol. The van der Waals surface area contributed by atoms with E-state index in [0.29, 0.717) is 17.5 Å². The molecular formula is C9H12ClNO2. The summed E-state index contributed by atoms with van der Waals surface area (Å²) in [6.07, 6.45) is 0. The molecule has 1 aromatic carbocycles. The van der Waals surface area contributed by atoms with Gasteiger partial charge < -0.3 is 14.8 Å². The summed E-state index contributed by atoms with van der Waals surface area (Å²) in [5.74, 6) is 1.40. The van der Waals surface area contributed by atoms with Gasteiger partial charge in [-0.25, -0.2) is 0 Å². The van der Waals surface area contributed by atoms with Crippen LogP contribution in [0.3, 0.4) is 0 Å². The van der Waals surface area contributed by atoms with E-state index in [-0.39, 0.29) is 0 Å². The molecule has 1 N–H and O–H groups in total. The van der Waals surface area contributed by atoms with Gasteiger partial charge in [0.05, 0.1) is 20.2 Å². The molecule has 0 amide bonds. The molecule has 0 heterocycles. The largest absolute Gasteiger partial charge is 0.493 e. The molecule has 0 saturated heterocycles. The second-order valence-corrected chi connectivity index (χ2v) is 2.65. The first-order chi connectivity index (χ1) is 6.31. The SMILES string of the molecule is COc1ccc(NCCl)cc1OC. The summed E-state index contributed by atoms with van der Waals surface area (Å²) < 4.78 is 10.2. The highest BCUT2D eigenvalue weighted by molar-refractivity contribution is 6.18. The van der Waals surface area contributed by atoms with Crippen LogP contribution in [0.15, 0.2) is 18.2 Å². The Morgan fingerprint density at radius 1 is 1.23 bits per heavy atom. The number of alkyl halides is 1. The lowest BCUT2D eigenvalue weighted by atomic mass is 10.3. The third kappa shape index (κ3) is 2.42. The van der Waals surface area contributed by atoms with Gasteiger partial charge in [-0.05, 0) is 12.1 Å². The van der Waals surface area contributed by atoms with Gasteiger partial charge in [-0.1, -0.05) is 0 Å². The van der Waals surface area contributed by atoms with Crippen molar-refractivity contribution in [2.24, 2.45) is 0 Å². The highest BCUT2D eigenvalue weighted by Crippen LogP contribution is 2.29. The van der Waals surface area contributed by atoms with Gasteiger partial charge in [0, 0.05) is 11.8 Å². The number of nitrogens with one attached hydrogen (secondary N) is 1. The number of hydrogen-bond donors (Lipinski definition) is 1. The van der Waals surface area contributed by atoms with Crippen LogP contribution in [-0.4, -0.2) is 20.2 Å². The molecule has 0 spiro atoms. The first kappa shape index (κ1) is 9.99. The zero-order valence-electron chi connectivity index (χ0n) is 7.63. The molecule has 0 bridgehead atoms. The summed E-state index contributed by atoms with van der Waals surface area (Å²) in [7, 11) is 3.20. The van der Waals surface area contributed by atoms with Crippen molar-refractivity contribution in [1.82, 2.24) is 0 Å². The van der Waals surface area contributed by atoms with Crippen LogP contribution in [0, 0.1) is 0 Å². The molecule has 0 aliphatic rings. The van der Waals surface area contributed by atoms with E-state index in [4.69, 9.17) is 21.1 Å². The van der Waals surface area contributed by atoms with Crippen molar-refractivity contribution in [3.8, 4) is 11.5 Å². The maximum atomic E-state index is 5.52. The third-order valence-electron chi connectivity index (χ3n) is 1.65. The minimum atomic E-state index is 0.371. The van der Waals surface area contributed by atoms with Crippen LogP contribution in [-0.2, 0) is 0 Å². The van der Waals surface area contributed by atoms with Crippen LogP contribution in [0.4, 0.5) is 5.69 Å². The van der Waals surface area contributed by atoms with E-state index >= 15 is 0 Å². The molecule has 0 unspecified atom stereocenters. The van der Waals surface area contributed by atoms with E-state index in [1.54, 1.807) is 14.2 Å². The number of anilines is 1. The van der Waals surface area contributed by atoms with Gasteiger partial charge in [-0.3, -0.25) is 0 Å². The first-order valence-electron chi connectivity index (χ1n) is 3.83.